The maximum atomic E-state index is 13.9. The summed E-state index contributed by atoms with van der Waals surface area (Å²) in [5, 5.41) is 0. The van der Waals surface area contributed by atoms with Crippen molar-refractivity contribution in [2.75, 3.05) is 0 Å². The summed E-state index contributed by atoms with van der Waals surface area (Å²) in [7, 11) is 0. The van der Waals surface area contributed by atoms with Gasteiger partial charge < -0.3 is 37.9 Å². The van der Waals surface area contributed by atoms with Crippen LogP contribution >= 0.6 is 0 Å². The number of carbonyl (C=O) groups is 4. The van der Waals surface area contributed by atoms with E-state index in [-0.39, 0.29) is 133 Å². The van der Waals surface area contributed by atoms with E-state index in [0.29, 0.717) is 38.5 Å². The molecule has 0 amide bonds. The van der Waals surface area contributed by atoms with Crippen LogP contribution in [0, 0.1) is 35.5 Å². The molecule has 0 spiro atoms. The van der Waals surface area contributed by atoms with E-state index < -0.39 is 24.0 Å². The molecule has 7 aliphatic heterocycles. The second-order valence-corrected chi connectivity index (χ2v) is 20.3. The topological polar surface area (TPSA) is 142 Å². The molecule has 0 N–H and O–H groups in total. The minimum atomic E-state index is -0.496. The molecule has 0 radical (unpaired) electrons. The number of cyclic esters (lactones) is 2. The van der Waals surface area contributed by atoms with E-state index in [1.165, 1.54) is 0 Å². The number of esters is 2. The number of fused-ring (bicyclic) bond motifs is 8. The molecule has 0 aromatic carbocycles. The second-order valence-electron chi connectivity index (χ2n) is 20.3. The molecule has 0 aromatic heterocycles. The van der Waals surface area contributed by atoms with Gasteiger partial charge in [-0.1, -0.05) is 27.7 Å². The van der Waals surface area contributed by atoms with Gasteiger partial charge in [0.15, 0.2) is 0 Å². The number of hydrogen-bond donors (Lipinski definition) is 0. The summed E-state index contributed by atoms with van der Waals surface area (Å²) in [5.74, 6) is -2.07. The van der Waals surface area contributed by atoms with E-state index in [4.69, 9.17) is 37.9 Å². The van der Waals surface area contributed by atoms with Crippen LogP contribution in [0.4, 0.5) is 0 Å². The van der Waals surface area contributed by atoms with Gasteiger partial charge in [-0.15, -0.1) is 0 Å². The molecule has 12 heteroatoms. The third kappa shape index (κ3) is 11.0. The van der Waals surface area contributed by atoms with Crippen LogP contribution in [0.25, 0.3) is 0 Å². The lowest BCUT2D eigenvalue weighted by Gasteiger charge is -2.32. The van der Waals surface area contributed by atoms with Gasteiger partial charge in [0.05, 0.1) is 85.1 Å². The molecular formula is C48H76O12. The third-order valence-corrected chi connectivity index (χ3v) is 15.8. The van der Waals surface area contributed by atoms with Crippen molar-refractivity contribution in [1.29, 1.82) is 0 Å². The first-order valence-electron chi connectivity index (χ1n) is 24.0. The summed E-state index contributed by atoms with van der Waals surface area (Å²) in [6, 6.07) is 0. The van der Waals surface area contributed by atoms with E-state index in [1.54, 1.807) is 0 Å². The van der Waals surface area contributed by atoms with Crippen molar-refractivity contribution >= 4 is 23.5 Å². The van der Waals surface area contributed by atoms with Gasteiger partial charge in [-0.25, -0.2) is 0 Å². The predicted molar refractivity (Wildman–Crippen MR) is 222 cm³/mol. The third-order valence-electron chi connectivity index (χ3n) is 15.8. The van der Waals surface area contributed by atoms with Crippen LogP contribution in [0.3, 0.4) is 0 Å². The smallest absolute Gasteiger partial charge is 0.311 e. The lowest BCUT2D eigenvalue weighted by molar-refractivity contribution is -0.167. The molecule has 60 heavy (non-hydrogen) atoms. The van der Waals surface area contributed by atoms with Gasteiger partial charge in [0.1, 0.15) is 23.8 Å². The molecule has 340 valence electrons. The summed E-state index contributed by atoms with van der Waals surface area (Å²) in [6.45, 7) is 16.0. The van der Waals surface area contributed by atoms with Crippen LogP contribution in [-0.4, -0.2) is 109 Å². The highest BCUT2D eigenvalue weighted by Crippen LogP contribution is 2.39. The van der Waals surface area contributed by atoms with Crippen LogP contribution in [-0.2, 0) is 57.1 Å². The van der Waals surface area contributed by atoms with Crippen molar-refractivity contribution in [3.8, 4) is 0 Å². The van der Waals surface area contributed by atoms with Gasteiger partial charge in [0.25, 0.3) is 0 Å². The number of hydrogen-bond acceptors (Lipinski definition) is 12. The van der Waals surface area contributed by atoms with Crippen molar-refractivity contribution < 1.29 is 57.1 Å². The zero-order valence-electron chi connectivity index (χ0n) is 37.8. The average molecular weight is 845 g/mol. The van der Waals surface area contributed by atoms with E-state index in [9.17, 15) is 19.2 Å². The Hall–Kier alpha value is -1.96. The number of carbonyl (C=O) groups excluding carboxylic acids is 4. The quantitative estimate of drug-likeness (QED) is 0.257. The Morgan fingerprint density at radius 1 is 0.383 bits per heavy atom. The fourth-order valence-corrected chi connectivity index (χ4v) is 11.3. The monoisotopic (exact) mass is 845 g/mol. The summed E-state index contributed by atoms with van der Waals surface area (Å²) in [5.41, 5.74) is 0. The Morgan fingerprint density at radius 3 is 1.07 bits per heavy atom. The van der Waals surface area contributed by atoms with Crippen LogP contribution in [0.5, 0.6) is 0 Å². The van der Waals surface area contributed by atoms with Gasteiger partial charge in [0.2, 0.25) is 0 Å². The molecule has 7 aliphatic rings. The highest BCUT2D eigenvalue weighted by atomic mass is 16.6. The van der Waals surface area contributed by atoms with Crippen LogP contribution in [0.1, 0.15) is 158 Å². The minimum absolute atomic E-state index is 0.0145. The summed E-state index contributed by atoms with van der Waals surface area (Å²) in [4.78, 5) is 55.3. The van der Waals surface area contributed by atoms with Crippen LogP contribution in [0.2, 0.25) is 0 Å². The maximum Gasteiger partial charge on any atom is 0.311 e. The molecule has 20 unspecified atom stereocenters. The van der Waals surface area contributed by atoms with Crippen molar-refractivity contribution in [2.24, 2.45) is 35.5 Å². The van der Waals surface area contributed by atoms with Crippen molar-refractivity contribution in [3.05, 3.63) is 0 Å². The Balaban J connectivity index is 1.06. The van der Waals surface area contributed by atoms with Gasteiger partial charge in [-0.2, -0.15) is 0 Å². The average Bonchev–Trinajstić information content (AvgIpc) is 4.09. The molecule has 0 aromatic rings. The maximum absolute atomic E-state index is 13.9. The minimum Gasteiger partial charge on any atom is -0.462 e. The molecule has 0 saturated carbocycles. The van der Waals surface area contributed by atoms with Crippen molar-refractivity contribution in [3.63, 3.8) is 0 Å². The first-order chi connectivity index (χ1) is 28.6. The largest absolute Gasteiger partial charge is 0.462 e. The van der Waals surface area contributed by atoms with Crippen LogP contribution in [0.15, 0.2) is 0 Å². The summed E-state index contributed by atoms with van der Waals surface area (Å²) in [6.07, 6.45) is 8.73. The van der Waals surface area contributed by atoms with Crippen molar-refractivity contribution in [2.45, 2.75) is 244 Å². The van der Waals surface area contributed by atoms with E-state index in [1.807, 2.05) is 27.7 Å². The highest BCUT2D eigenvalue weighted by molar-refractivity contribution is 5.82. The summed E-state index contributed by atoms with van der Waals surface area (Å²) >= 11 is 0. The molecule has 7 saturated heterocycles. The first kappa shape index (κ1) is 46.0. The number of ketones is 2. The fraction of sp³-hybridized carbons (Fsp3) is 0.917. The number of ether oxygens (including phenoxy) is 8. The summed E-state index contributed by atoms with van der Waals surface area (Å²) < 4.78 is 51.4. The Bertz CT molecular complexity index is 1380. The molecule has 20 atom stereocenters. The molecule has 7 heterocycles. The second kappa shape index (κ2) is 20.3. The zero-order chi connectivity index (χ0) is 42.8. The van der Waals surface area contributed by atoms with Crippen LogP contribution < -0.4 is 0 Å². The lowest BCUT2D eigenvalue weighted by Crippen LogP contribution is -2.39. The van der Waals surface area contributed by atoms with Gasteiger partial charge >= 0.3 is 11.9 Å². The lowest BCUT2D eigenvalue weighted by atomic mass is 9.90. The van der Waals surface area contributed by atoms with Gasteiger partial charge in [-0.05, 0) is 105 Å². The zero-order valence-corrected chi connectivity index (χ0v) is 37.8. The van der Waals surface area contributed by atoms with Gasteiger partial charge in [0, 0.05) is 49.4 Å². The van der Waals surface area contributed by atoms with Crippen molar-refractivity contribution in [1.82, 2.24) is 0 Å². The van der Waals surface area contributed by atoms with Gasteiger partial charge in [-0.3, -0.25) is 19.2 Å². The molecular weight excluding hydrogens is 769 g/mol. The molecule has 12 nitrogen and oxygen atoms in total. The molecule has 7 rings (SSSR count). The molecule has 7 fully saturated rings. The fourth-order valence-electron chi connectivity index (χ4n) is 11.3. The molecule has 8 bridgehead atoms. The number of rotatable bonds is 4. The Kier molecular flexibility index (Phi) is 15.5. The molecule has 0 aliphatic carbocycles. The van der Waals surface area contributed by atoms with E-state index >= 15 is 0 Å². The SMILES string of the molecule is CC1CCC(C(C)C2CC3CCC(O3)C(C)C(=O)CC3CCC(O3)C(C)C(=O)OC(C(C)C3CCC(C)O3)CC3CCC(O3)C(C)C(=O)CC3CCC(O3)C(C)C(=O)O2)O1. The predicted octanol–water partition coefficient (Wildman–Crippen LogP) is 7.66. The van der Waals surface area contributed by atoms with E-state index in [0.717, 1.165) is 51.4 Å². The van der Waals surface area contributed by atoms with E-state index in [2.05, 4.69) is 27.7 Å². The standard InChI is InChI=1S/C48H76O12/c1-25-9-15-41(53-25)29(5)45-23-35-13-17-39(57-35)27(3)37(49)22-34-12-20-44(56-34)32(8)48(52)60-46(30(6)42-16-10-26(2)54-42)24-36-14-18-40(58-36)28(4)38(50)21-33-11-19-43(55-33)31(7)47(51)59-45/h25-36,39-46H,9-24H2,1-8H3. The Morgan fingerprint density at radius 2 is 0.717 bits per heavy atom. The highest BCUT2D eigenvalue weighted by Gasteiger charge is 2.45. The Labute approximate surface area is 358 Å². The normalized spacial score (nSPS) is 46.5. The number of Topliss-reactive ketones (excluding diaryl/α,β-unsaturated/α-hetero) is 2. The first-order valence-corrected chi connectivity index (χ1v) is 24.0.